The van der Waals surface area contributed by atoms with Crippen LogP contribution in [0.1, 0.15) is 33.9 Å². The van der Waals surface area contributed by atoms with Gasteiger partial charge in [0.1, 0.15) is 29.8 Å². The highest BCUT2D eigenvalue weighted by Crippen LogP contribution is 2.29. The number of benzene rings is 3. The Bertz CT molecular complexity index is 2040. The van der Waals surface area contributed by atoms with Crippen molar-refractivity contribution in [3.8, 4) is 22.8 Å². The lowest BCUT2D eigenvalue weighted by Gasteiger charge is -2.27. The molecule has 0 bridgehead atoms. The fourth-order valence-electron chi connectivity index (χ4n) is 5.43. The maximum absolute atomic E-state index is 15.6. The second kappa shape index (κ2) is 12.5. The van der Waals surface area contributed by atoms with Crippen molar-refractivity contribution in [1.82, 2.24) is 24.3 Å². The molecule has 1 unspecified atom stereocenters. The zero-order valence-corrected chi connectivity index (χ0v) is 24.9. The van der Waals surface area contributed by atoms with Gasteiger partial charge in [0, 0.05) is 30.9 Å². The second-order valence-corrected chi connectivity index (χ2v) is 11.0. The quantitative estimate of drug-likeness (QED) is 0.166. The number of imidazole rings is 1. The van der Waals surface area contributed by atoms with Gasteiger partial charge in [0.2, 0.25) is 5.88 Å². The van der Waals surface area contributed by atoms with Gasteiger partial charge in [-0.2, -0.15) is 5.10 Å². The lowest BCUT2D eigenvalue weighted by molar-refractivity contribution is -0.0589. The van der Waals surface area contributed by atoms with Gasteiger partial charge in [-0.1, -0.05) is 24.3 Å². The van der Waals surface area contributed by atoms with Crippen LogP contribution in [0.3, 0.4) is 0 Å². The number of carbonyl (C=O) groups excluding carboxylic acids is 1. The second-order valence-electron chi connectivity index (χ2n) is 11.0. The molecule has 1 aliphatic rings. The van der Waals surface area contributed by atoms with Gasteiger partial charge >= 0.3 is 5.97 Å². The largest absolute Gasteiger partial charge is 0.471 e. The Labute approximate surface area is 263 Å². The van der Waals surface area contributed by atoms with Gasteiger partial charge in [-0.15, -0.1) is 0 Å². The number of hydrogen-bond donors (Lipinski definition) is 0. The summed E-state index contributed by atoms with van der Waals surface area (Å²) in [5.41, 5.74) is 3.70. The molecule has 46 heavy (non-hydrogen) atoms. The van der Waals surface area contributed by atoms with E-state index in [1.165, 1.54) is 13.2 Å². The maximum Gasteiger partial charge on any atom is 0.337 e. The number of nitrogens with zero attached hydrogens (tertiary/aromatic N) is 5. The lowest BCUT2D eigenvalue weighted by atomic mass is 10.0. The number of rotatable bonds is 10. The molecule has 0 radical (unpaired) electrons. The van der Waals surface area contributed by atoms with Gasteiger partial charge in [-0.05, 0) is 66.6 Å². The van der Waals surface area contributed by atoms with Crippen LogP contribution in [-0.4, -0.2) is 50.1 Å². The van der Waals surface area contributed by atoms with Crippen LogP contribution in [0.2, 0.25) is 0 Å². The Morgan fingerprint density at radius 1 is 0.978 bits per heavy atom. The summed E-state index contributed by atoms with van der Waals surface area (Å²) in [6.07, 6.45) is 2.72. The van der Waals surface area contributed by atoms with Crippen LogP contribution < -0.4 is 4.74 Å². The van der Waals surface area contributed by atoms with E-state index in [9.17, 15) is 4.79 Å². The Hall–Kier alpha value is -5.42. The van der Waals surface area contributed by atoms with Gasteiger partial charge < -0.3 is 18.8 Å². The molecule has 0 aliphatic carbocycles. The molecule has 11 heteroatoms. The first-order chi connectivity index (χ1) is 22.4. The first kappa shape index (κ1) is 29.3. The molecular weight excluding hydrogens is 592 g/mol. The normalized spacial score (nSPS) is 14.3. The van der Waals surface area contributed by atoms with Crippen LogP contribution in [-0.2, 0) is 29.0 Å². The van der Waals surface area contributed by atoms with Gasteiger partial charge in [-0.3, -0.25) is 0 Å². The molecule has 3 aromatic carbocycles. The zero-order valence-electron chi connectivity index (χ0n) is 24.9. The number of halogens is 2. The molecule has 1 aliphatic heterocycles. The number of ether oxygens (including phenoxy) is 3. The molecule has 4 heterocycles. The average molecular weight is 622 g/mol. The van der Waals surface area contributed by atoms with E-state index in [1.807, 2.05) is 47.2 Å². The Kier molecular flexibility index (Phi) is 7.98. The third-order valence-corrected chi connectivity index (χ3v) is 7.95. The van der Waals surface area contributed by atoms with Crippen molar-refractivity contribution in [1.29, 1.82) is 0 Å². The number of aromatic nitrogens is 5. The minimum atomic E-state index is -0.624. The van der Waals surface area contributed by atoms with Gasteiger partial charge in [0.15, 0.2) is 0 Å². The van der Waals surface area contributed by atoms with Crippen LogP contribution in [0.5, 0.6) is 5.88 Å². The van der Waals surface area contributed by atoms with Crippen LogP contribution in [0.4, 0.5) is 8.78 Å². The highest BCUT2D eigenvalue weighted by Gasteiger charge is 2.24. The van der Waals surface area contributed by atoms with Crippen molar-refractivity contribution in [2.75, 3.05) is 13.7 Å². The molecule has 7 rings (SSSR count). The molecule has 0 N–H and O–H groups in total. The number of carbonyl (C=O) groups is 1. The maximum atomic E-state index is 15.6. The fourth-order valence-corrected chi connectivity index (χ4v) is 5.43. The fraction of sp³-hybridized carbons (Fsp3) is 0.200. The highest BCUT2D eigenvalue weighted by molar-refractivity contribution is 5.93. The molecule has 0 saturated carbocycles. The molecule has 3 aromatic heterocycles. The van der Waals surface area contributed by atoms with Crippen molar-refractivity contribution in [2.45, 2.75) is 32.1 Å². The summed E-state index contributed by atoms with van der Waals surface area (Å²) in [5.74, 6) is -0.900. The molecule has 0 amide bonds. The smallest absolute Gasteiger partial charge is 0.337 e. The Balaban J connectivity index is 1.11. The molecule has 1 fully saturated rings. The zero-order chi connectivity index (χ0) is 31.6. The molecule has 1 saturated heterocycles. The summed E-state index contributed by atoms with van der Waals surface area (Å²) < 4.78 is 51.2. The summed E-state index contributed by atoms with van der Waals surface area (Å²) in [4.78, 5) is 21.3. The van der Waals surface area contributed by atoms with Crippen molar-refractivity contribution < 1.29 is 27.8 Å². The van der Waals surface area contributed by atoms with E-state index >= 15 is 8.78 Å². The minimum absolute atomic E-state index is 0.0131. The summed E-state index contributed by atoms with van der Waals surface area (Å²) in [6, 6.07) is 23.9. The summed E-state index contributed by atoms with van der Waals surface area (Å²) in [7, 11) is 1.32. The van der Waals surface area contributed by atoms with Crippen LogP contribution in [0.25, 0.3) is 28.0 Å². The SMILES string of the molecule is COC(=O)c1ccc2nc(Cc3cc(F)c(-c4cccc(OCc5ccn(-c6ccccc6)n5)n4)cc3F)n(CC3CCO3)c2c1. The van der Waals surface area contributed by atoms with Crippen molar-refractivity contribution in [3.63, 3.8) is 0 Å². The van der Waals surface area contributed by atoms with E-state index in [0.717, 1.165) is 18.2 Å². The molecule has 232 valence electrons. The third-order valence-electron chi connectivity index (χ3n) is 7.95. The van der Waals surface area contributed by atoms with E-state index in [4.69, 9.17) is 19.2 Å². The number of fused-ring (bicyclic) bond motifs is 1. The molecule has 6 aromatic rings. The number of hydrogen-bond acceptors (Lipinski definition) is 7. The predicted octanol–water partition coefficient (Wildman–Crippen LogP) is 6.31. The molecule has 0 spiro atoms. The number of esters is 1. The van der Waals surface area contributed by atoms with Gasteiger partial charge in [0.05, 0.1) is 47.7 Å². The lowest BCUT2D eigenvalue weighted by Crippen LogP contribution is -2.31. The van der Waals surface area contributed by atoms with Crippen molar-refractivity contribution in [2.24, 2.45) is 0 Å². The molecule has 1 atom stereocenters. The topological polar surface area (TPSA) is 93.3 Å². The van der Waals surface area contributed by atoms with E-state index in [1.54, 1.807) is 41.1 Å². The summed E-state index contributed by atoms with van der Waals surface area (Å²) in [6.45, 7) is 1.29. The standard InChI is InChI=1S/C35H29F2N5O4/c1-44-35(43)22-10-11-31-32(17-22)41(20-26-13-15-45-26)33(38-31)18-23-16-29(37)27(19-28(23)36)30-8-5-9-34(39-30)46-21-24-12-14-42(40-24)25-6-3-2-4-7-25/h2-12,14,16-17,19,26H,13,15,18,20-21H2,1H3. The van der Waals surface area contributed by atoms with Crippen molar-refractivity contribution >= 4 is 17.0 Å². The Morgan fingerprint density at radius 3 is 2.61 bits per heavy atom. The van der Waals surface area contributed by atoms with Crippen LogP contribution in [0, 0.1) is 11.6 Å². The third kappa shape index (κ3) is 5.96. The average Bonchev–Trinajstić information content (AvgIpc) is 3.67. The number of pyridine rings is 1. The molecular formula is C35H29F2N5O4. The number of methoxy groups -OCH3 is 1. The minimum Gasteiger partial charge on any atom is -0.471 e. The molecule has 9 nitrogen and oxygen atoms in total. The first-order valence-corrected chi connectivity index (χ1v) is 14.8. The first-order valence-electron chi connectivity index (χ1n) is 14.8. The van der Waals surface area contributed by atoms with E-state index in [0.29, 0.717) is 41.3 Å². The summed E-state index contributed by atoms with van der Waals surface area (Å²) in [5, 5.41) is 4.53. The number of para-hydroxylation sites is 1. The Morgan fingerprint density at radius 2 is 1.83 bits per heavy atom. The summed E-state index contributed by atoms with van der Waals surface area (Å²) >= 11 is 0. The van der Waals surface area contributed by atoms with Gasteiger partial charge in [-0.25, -0.2) is 28.2 Å². The van der Waals surface area contributed by atoms with E-state index in [2.05, 4.69) is 10.1 Å². The highest BCUT2D eigenvalue weighted by atomic mass is 19.1. The van der Waals surface area contributed by atoms with Crippen LogP contribution in [0.15, 0.2) is 91.1 Å². The van der Waals surface area contributed by atoms with E-state index < -0.39 is 17.6 Å². The predicted molar refractivity (Wildman–Crippen MR) is 166 cm³/mol. The van der Waals surface area contributed by atoms with Crippen LogP contribution >= 0.6 is 0 Å². The monoisotopic (exact) mass is 621 g/mol. The van der Waals surface area contributed by atoms with Gasteiger partial charge in [0.25, 0.3) is 0 Å². The van der Waals surface area contributed by atoms with E-state index in [-0.39, 0.29) is 41.8 Å². The van der Waals surface area contributed by atoms with Crippen molar-refractivity contribution in [3.05, 3.63) is 125 Å².